The minimum atomic E-state index is -1.03. The van der Waals surface area contributed by atoms with E-state index in [-0.39, 0.29) is 5.56 Å². The average Bonchev–Trinajstić information content (AvgIpc) is 2.64. The van der Waals surface area contributed by atoms with Gasteiger partial charge >= 0.3 is 17.8 Å². The lowest BCUT2D eigenvalue weighted by molar-refractivity contribution is -0.136. The molecule has 2 aromatic rings. The Balaban J connectivity index is 1.86. The molecule has 0 saturated heterocycles. The molecule has 0 spiro atoms. The van der Waals surface area contributed by atoms with Crippen molar-refractivity contribution in [1.82, 2.24) is 5.43 Å². The van der Waals surface area contributed by atoms with Gasteiger partial charge in [-0.05, 0) is 48.9 Å². The largest absolute Gasteiger partial charge is 0.494 e. The van der Waals surface area contributed by atoms with E-state index in [4.69, 9.17) is 9.84 Å². The standard InChI is InChI=1S/C18H17N3O5/c1-2-26-15-9-7-14(8-10-15)20-16(22)17(23)21-19-11-12-3-5-13(6-4-12)18(24)25/h3-11H,2H2,1H3,(H,20,22)(H,21,23)(H,24,25)/b19-11-. The molecule has 0 fully saturated rings. The topological polar surface area (TPSA) is 117 Å². The van der Waals surface area contributed by atoms with Crippen LogP contribution in [0.15, 0.2) is 53.6 Å². The smallest absolute Gasteiger partial charge is 0.335 e. The first-order valence-electron chi connectivity index (χ1n) is 7.70. The minimum absolute atomic E-state index is 0.140. The summed E-state index contributed by atoms with van der Waals surface area (Å²) in [4.78, 5) is 34.3. The number of carboxylic acids is 1. The van der Waals surface area contributed by atoms with E-state index in [1.165, 1.54) is 30.5 Å². The van der Waals surface area contributed by atoms with Crippen LogP contribution >= 0.6 is 0 Å². The van der Waals surface area contributed by atoms with Crippen LogP contribution in [-0.2, 0) is 9.59 Å². The second-order valence-corrected chi connectivity index (χ2v) is 5.04. The third-order valence-electron chi connectivity index (χ3n) is 3.17. The molecule has 26 heavy (non-hydrogen) atoms. The Bertz CT molecular complexity index is 814. The molecule has 0 aliphatic rings. The first kappa shape index (κ1) is 18.7. The molecule has 2 aromatic carbocycles. The molecule has 0 aliphatic carbocycles. The van der Waals surface area contributed by atoms with Crippen molar-refractivity contribution in [3.05, 3.63) is 59.7 Å². The normalized spacial score (nSPS) is 10.3. The molecule has 0 bridgehead atoms. The van der Waals surface area contributed by atoms with Crippen LogP contribution in [0.5, 0.6) is 5.75 Å². The van der Waals surface area contributed by atoms with E-state index in [1.54, 1.807) is 24.3 Å². The fourth-order valence-corrected chi connectivity index (χ4v) is 1.92. The van der Waals surface area contributed by atoms with Crippen molar-refractivity contribution in [2.24, 2.45) is 5.10 Å². The Morgan fingerprint density at radius 3 is 2.27 bits per heavy atom. The second kappa shape index (κ2) is 8.97. The van der Waals surface area contributed by atoms with E-state index in [2.05, 4.69) is 15.8 Å². The molecule has 8 nitrogen and oxygen atoms in total. The van der Waals surface area contributed by atoms with Crippen molar-refractivity contribution in [1.29, 1.82) is 0 Å². The van der Waals surface area contributed by atoms with E-state index >= 15 is 0 Å². The van der Waals surface area contributed by atoms with Crippen molar-refractivity contribution in [3.8, 4) is 5.75 Å². The van der Waals surface area contributed by atoms with Gasteiger partial charge in [0.05, 0.1) is 18.4 Å². The van der Waals surface area contributed by atoms with Gasteiger partial charge in [0.2, 0.25) is 0 Å². The van der Waals surface area contributed by atoms with Gasteiger partial charge in [-0.3, -0.25) is 9.59 Å². The highest BCUT2D eigenvalue weighted by Crippen LogP contribution is 2.15. The molecule has 0 unspecified atom stereocenters. The maximum absolute atomic E-state index is 11.8. The van der Waals surface area contributed by atoms with Crippen LogP contribution in [0.2, 0.25) is 0 Å². The van der Waals surface area contributed by atoms with E-state index in [0.717, 1.165) is 0 Å². The highest BCUT2D eigenvalue weighted by atomic mass is 16.5. The number of nitrogens with one attached hydrogen (secondary N) is 2. The number of hydrogen-bond acceptors (Lipinski definition) is 5. The molecule has 134 valence electrons. The van der Waals surface area contributed by atoms with Crippen LogP contribution in [-0.4, -0.2) is 35.7 Å². The van der Waals surface area contributed by atoms with Gasteiger partial charge in [-0.15, -0.1) is 0 Å². The number of amides is 2. The monoisotopic (exact) mass is 355 g/mol. The number of aromatic carboxylic acids is 1. The number of anilines is 1. The fourth-order valence-electron chi connectivity index (χ4n) is 1.92. The number of rotatable bonds is 6. The zero-order valence-corrected chi connectivity index (χ0v) is 13.9. The highest BCUT2D eigenvalue weighted by molar-refractivity contribution is 6.39. The summed E-state index contributed by atoms with van der Waals surface area (Å²) in [6, 6.07) is 12.4. The Labute approximate surface area is 149 Å². The van der Waals surface area contributed by atoms with Gasteiger partial charge < -0.3 is 15.2 Å². The van der Waals surface area contributed by atoms with Crippen LogP contribution in [0.1, 0.15) is 22.8 Å². The number of carbonyl (C=O) groups is 3. The number of ether oxygens (including phenoxy) is 1. The molecule has 0 aromatic heterocycles. The van der Waals surface area contributed by atoms with E-state index in [1.807, 2.05) is 6.92 Å². The molecule has 2 amide bonds. The molecule has 0 saturated carbocycles. The summed E-state index contributed by atoms with van der Waals surface area (Å²) in [5.74, 6) is -2.17. The summed E-state index contributed by atoms with van der Waals surface area (Å²) in [6.07, 6.45) is 1.30. The summed E-state index contributed by atoms with van der Waals surface area (Å²) in [7, 11) is 0. The summed E-state index contributed by atoms with van der Waals surface area (Å²) < 4.78 is 5.29. The molecular formula is C18H17N3O5. The number of nitrogens with zero attached hydrogens (tertiary/aromatic N) is 1. The van der Waals surface area contributed by atoms with Gasteiger partial charge in [0.1, 0.15) is 5.75 Å². The maximum atomic E-state index is 11.8. The number of hydrazone groups is 1. The van der Waals surface area contributed by atoms with Crippen molar-refractivity contribution in [3.63, 3.8) is 0 Å². The molecule has 0 aliphatic heterocycles. The zero-order chi connectivity index (χ0) is 18.9. The van der Waals surface area contributed by atoms with Crippen LogP contribution in [0.25, 0.3) is 0 Å². The summed E-state index contributed by atoms with van der Waals surface area (Å²) in [6.45, 7) is 2.40. The Kier molecular flexibility index (Phi) is 6.44. The van der Waals surface area contributed by atoms with Crippen LogP contribution in [0.4, 0.5) is 5.69 Å². The van der Waals surface area contributed by atoms with Gasteiger partial charge in [-0.1, -0.05) is 12.1 Å². The zero-order valence-electron chi connectivity index (χ0n) is 13.9. The average molecular weight is 355 g/mol. The predicted molar refractivity (Wildman–Crippen MR) is 95.4 cm³/mol. The van der Waals surface area contributed by atoms with Gasteiger partial charge in [0, 0.05) is 5.69 Å². The lowest BCUT2D eigenvalue weighted by atomic mass is 10.1. The van der Waals surface area contributed by atoms with Gasteiger partial charge in [0.15, 0.2) is 0 Å². The molecule has 8 heteroatoms. The van der Waals surface area contributed by atoms with Crippen LogP contribution < -0.4 is 15.5 Å². The predicted octanol–water partition coefficient (Wildman–Crippen LogP) is 1.87. The van der Waals surface area contributed by atoms with E-state index in [9.17, 15) is 14.4 Å². The Hall–Kier alpha value is -3.68. The van der Waals surface area contributed by atoms with Crippen LogP contribution in [0, 0.1) is 0 Å². The summed E-state index contributed by atoms with van der Waals surface area (Å²) in [5.41, 5.74) is 3.26. The molecular weight excluding hydrogens is 338 g/mol. The van der Waals surface area contributed by atoms with Crippen LogP contribution in [0.3, 0.4) is 0 Å². The number of carbonyl (C=O) groups excluding carboxylic acids is 2. The fraction of sp³-hybridized carbons (Fsp3) is 0.111. The quantitative estimate of drug-likeness (QED) is 0.415. The van der Waals surface area contributed by atoms with Gasteiger partial charge in [-0.25, -0.2) is 10.2 Å². The maximum Gasteiger partial charge on any atom is 0.335 e. The minimum Gasteiger partial charge on any atom is -0.494 e. The molecule has 3 N–H and O–H groups in total. The van der Waals surface area contributed by atoms with Gasteiger partial charge in [0.25, 0.3) is 0 Å². The lowest BCUT2D eigenvalue weighted by Gasteiger charge is -2.06. The Morgan fingerprint density at radius 1 is 1.04 bits per heavy atom. The first-order chi connectivity index (χ1) is 12.5. The summed E-state index contributed by atoms with van der Waals surface area (Å²) in [5, 5.41) is 14.9. The number of hydrogen-bond donors (Lipinski definition) is 3. The molecule has 0 radical (unpaired) electrons. The SMILES string of the molecule is CCOc1ccc(NC(=O)C(=O)N/N=C\c2ccc(C(=O)O)cc2)cc1. The third kappa shape index (κ3) is 5.45. The van der Waals surface area contributed by atoms with Gasteiger partial charge in [-0.2, -0.15) is 5.10 Å². The second-order valence-electron chi connectivity index (χ2n) is 5.04. The van der Waals surface area contributed by atoms with E-state index in [0.29, 0.717) is 23.6 Å². The first-order valence-corrected chi connectivity index (χ1v) is 7.70. The number of benzene rings is 2. The molecule has 0 atom stereocenters. The van der Waals surface area contributed by atoms with Crippen molar-refractivity contribution < 1.29 is 24.2 Å². The van der Waals surface area contributed by atoms with Crippen molar-refractivity contribution in [2.75, 3.05) is 11.9 Å². The lowest BCUT2D eigenvalue weighted by Crippen LogP contribution is -2.32. The highest BCUT2D eigenvalue weighted by Gasteiger charge is 2.12. The Morgan fingerprint density at radius 2 is 1.69 bits per heavy atom. The number of carboxylic acid groups (broad SMARTS) is 1. The van der Waals surface area contributed by atoms with E-state index < -0.39 is 17.8 Å². The molecule has 2 rings (SSSR count). The summed E-state index contributed by atoms with van der Waals surface area (Å²) >= 11 is 0. The van der Waals surface area contributed by atoms with Crippen molar-refractivity contribution in [2.45, 2.75) is 6.92 Å². The molecule has 0 heterocycles. The third-order valence-corrected chi connectivity index (χ3v) is 3.17. The van der Waals surface area contributed by atoms with Crippen molar-refractivity contribution >= 4 is 29.7 Å².